The van der Waals surface area contributed by atoms with Crippen molar-refractivity contribution in [2.24, 2.45) is 0 Å². The smallest absolute Gasteiger partial charge is 0.306 e. The number of rotatable bonds is 60. The molecule has 9 heteroatoms. The Morgan fingerprint density at radius 3 is 1.08 bits per heavy atom. The molecule has 0 spiro atoms. The maximum Gasteiger partial charge on any atom is 0.306 e. The van der Waals surface area contributed by atoms with Gasteiger partial charge in [-0.3, -0.25) is 9.59 Å². The number of carbonyl (C=O) groups excluding carboxylic acids is 3. The lowest BCUT2D eigenvalue weighted by atomic mass is 10.0. The Labute approximate surface area is 487 Å². The van der Waals surface area contributed by atoms with E-state index >= 15 is 0 Å². The van der Waals surface area contributed by atoms with Gasteiger partial charge in [-0.2, -0.15) is 0 Å². The molecule has 0 aromatic heterocycles. The standard InChI is InChI=1S/C70H123NO8/c1-6-8-10-12-14-16-18-20-22-24-26-28-30-32-33-34-35-37-38-40-42-44-46-48-50-52-54-56-58-60-67(72)77-64-66(65-78-70(69(74)75)76-63-62-71(3,4)5)79-68(73)61-59-57-55-53-51-49-47-45-43-41-39-36-31-29-27-25-23-21-19-17-15-13-11-9-7-2/h9,11,15,17,21,23,27,29,36,39,43,45,49,51,66,70H,6-8,10,12-14,16,18-20,22,24-26,28,30-35,37-38,40-42,44,46-48,50,52-65H2,1-5H3/b11-9-,17-15-,23-21-,29-27-,39-36-,45-43-,51-49-. The zero-order chi connectivity index (χ0) is 57.6. The lowest BCUT2D eigenvalue weighted by Crippen LogP contribution is -2.44. The van der Waals surface area contributed by atoms with E-state index in [-0.39, 0.29) is 38.6 Å². The summed E-state index contributed by atoms with van der Waals surface area (Å²) in [5.41, 5.74) is 0. The molecule has 0 aromatic rings. The van der Waals surface area contributed by atoms with E-state index in [1.54, 1.807) is 0 Å². The van der Waals surface area contributed by atoms with E-state index in [1.165, 1.54) is 167 Å². The van der Waals surface area contributed by atoms with Gasteiger partial charge >= 0.3 is 11.9 Å². The molecule has 0 aliphatic heterocycles. The maximum absolute atomic E-state index is 12.9. The van der Waals surface area contributed by atoms with Crippen molar-refractivity contribution < 1.29 is 42.9 Å². The molecule has 0 bridgehead atoms. The first-order chi connectivity index (χ1) is 38.6. The van der Waals surface area contributed by atoms with Gasteiger partial charge in [-0.15, -0.1) is 0 Å². The number of hydrogen-bond donors (Lipinski definition) is 0. The molecule has 0 aliphatic rings. The number of quaternary nitrogens is 1. The van der Waals surface area contributed by atoms with Gasteiger partial charge in [-0.1, -0.05) is 285 Å². The monoisotopic (exact) mass is 1110 g/mol. The molecule has 456 valence electrons. The Balaban J connectivity index is 4.20. The molecule has 79 heavy (non-hydrogen) atoms. The van der Waals surface area contributed by atoms with Crippen LogP contribution in [0.5, 0.6) is 0 Å². The van der Waals surface area contributed by atoms with Crippen LogP contribution in [0.3, 0.4) is 0 Å². The SMILES string of the molecule is CC/C=C\C/C=C\C/C=C\C/C=C\C/C=C\C/C=C\C/C=C\CCCCCC(=O)OC(COC(=O)CCCCCCCCCCCCCCCCCCCCCCCCCCCCCCC)COC(OCC[N+](C)(C)C)C(=O)[O-]. The highest BCUT2D eigenvalue weighted by Crippen LogP contribution is 2.17. The third kappa shape index (κ3) is 61.9. The minimum atomic E-state index is -1.64. The van der Waals surface area contributed by atoms with Gasteiger partial charge in [0.1, 0.15) is 13.2 Å². The number of ether oxygens (including phenoxy) is 4. The van der Waals surface area contributed by atoms with Crippen LogP contribution in [0, 0.1) is 0 Å². The summed E-state index contributed by atoms with van der Waals surface area (Å²) in [7, 11) is 5.91. The van der Waals surface area contributed by atoms with Gasteiger partial charge in [-0.05, 0) is 70.6 Å². The van der Waals surface area contributed by atoms with Crippen molar-refractivity contribution in [3.63, 3.8) is 0 Å². The van der Waals surface area contributed by atoms with Crippen molar-refractivity contribution >= 4 is 17.9 Å². The molecule has 2 unspecified atom stereocenters. The normalized spacial score (nSPS) is 13.3. The molecule has 0 radical (unpaired) electrons. The van der Waals surface area contributed by atoms with Gasteiger partial charge in [0.2, 0.25) is 0 Å². The van der Waals surface area contributed by atoms with Gasteiger partial charge in [0.25, 0.3) is 0 Å². The molecule has 0 heterocycles. The topological polar surface area (TPSA) is 111 Å². The van der Waals surface area contributed by atoms with Crippen molar-refractivity contribution in [3.05, 3.63) is 85.1 Å². The number of unbranched alkanes of at least 4 members (excludes halogenated alkanes) is 31. The fourth-order valence-electron chi connectivity index (χ4n) is 9.17. The summed E-state index contributed by atoms with van der Waals surface area (Å²) in [6.07, 6.45) is 78.0. The molecule has 0 aromatic carbocycles. The second-order valence-electron chi connectivity index (χ2n) is 23.0. The number of likely N-dealkylation sites (N-methyl/N-ethyl adjacent to an activating group) is 1. The minimum Gasteiger partial charge on any atom is -0.545 e. The van der Waals surface area contributed by atoms with Gasteiger partial charge in [0.15, 0.2) is 12.4 Å². The molecule has 2 atom stereocenters. The van der Waals surface area contributed by atoms with Crippen LogP contribution in [0.15, 0.2) is 85.1 Å². The molecule has 0 N–H and O–H groups in total. The highest BCUT2D eigenvalue weighted by molar-refractivity contribution is 5.70. The predicted octanol–water partition coefficient (Wildman–Crippen LogP) is 18.6. The van der Waals surface area contributed by atoms with Gasteiger partial charge < -0.3 is 33.3 Å². The first-order valence-electron chi connectivity index (χ1n) is 32.7. The number of allylic oxidation sites excluding steroid dienone is 14. The van der Waals surface area contributed by atoms with E-state index in [1.807, 2.05) is 21.1 Å². The van der Waals surface area contributed by atoms with Crippen LogP contribution in [-0.4, -0.2) is 82.3 Å². The number of esters is 2. The number of carboxylic acids is 1. The van der Waals surface area contributed by atoms with Crippen molar-refractivity contribution in [1.29, 1.82) is 0 Å². The largest absolute Gasteiger partial charge is 0.545 e. The summed E-state index contributed by atoms with van der Waals surface area (Å²) in [5.74, 6) is -2.32. The highest BCUT2D eigenvalue weighted by Gasteiger charge is 2.22. The lowest BCUT2D eigenvalue weighted by molar-refractivity contribution is -0.870. The zero-order valence-corrected chi connectivity index (χ0v) is 52.0. The van der Waals surface area contributed by atoms with Crippen molar-refractivity contribution in [1.82, 2.24) is 0 Å². The zero-order valence-electron chi connectivity index (χ0n) is 52.0. The van der Waals surface area contributed by atoms with E-state index in [2.05, 4.69) is 98.9 Å². The molecule has 0 amide bonds. The Morgan fingerprint density at radius 1 is 0.392 bits per heavy atom. The van der Waals surface area contributed by atoms with Crippen LogP contribution in [-0.2, 0) is 33.3 Å². The summed E-state index contributed by atoms with van der Waals surface area (Å²) in [5, 5.41) is 11.8. The maximum atomic E-state index is 12.9. The summed E-state index contributed by atoms with van der Waals surface area (Å²) < 4.78 is 22.7. The summed E-state index contributed by atoms with van der Waals surface area (Å²) in [4.78, 5) is 37.4. The first-order valence-corrected chi connectivity index (χ1v) is 32.7. The van der Waals surface area contributed by atoms with Gasteiger partial charge in [0.05, 0.1) is 40.3 Å². The van der Waals surface area contributed by atoms with Crippen LogP contribution < -0.4 is 5.11 Å². The van der Waals surface area contributed by atoms with Crippen molar-refractivity contribution in [2.45, 2.75) is 296 Å². The van der Waals surface area contributed by atoms with Crippen LogP contribution in [0.4, 0.5) is 0 Å². The Bertz CT molecular complexity index is 1570. The molecular weight excluding hydrogens is 983 g/mol. The first kappa shape index (κ1) is 75.5. The van der Waals surface area contributed by atoms with E-state index in [4.69, 9.17) is 18.9 Å². The average molecular weight is 1110 g/mol. The van der Waals surface area contributed by atoms with Crippen molar-refractivity contribution in [3.8, 4) is 0 Å². The number of nitrogens with zero attached hydrogens (tertiary/aromatic N) is 1. The Morgan fingerprint density at radius 2 is 0.722 bits per heavy atom. The van der Waals surface area contributed by atoms with Gasteiger partial charge in [-0.25, -0.2) is 0 Å². The molecule has 9 nitrogen and oxygen atoms in total. The average Bonchev–Trinajstić information content (AvgIpc) is 3.42. The van der Waals surface area contributed by atoms with Gasteiger partial charge in [0, 0.05) is 12.8 Å². The predicted molar refractivity (Wildman–Crippen MR) is 334 cm³/mol. The lowest BCUT2D eigenvalue weighted by Gasteiger charge is -2.26. The van der Waals surface area contributed by atoms with Crippen LogP contribution in [0.25, 0.3) is 0 Å². The summed E-state index contributed by atoms with van der Waals surface area (Å²) in [6, 6.07) is 0. The Kier molecular flexibility index (Phi) is 57.9. The molecule has 0 saturated heterocycles. The second kappa shape index (κ2) is 60.6. The van der Waals surface area contributed by atoms with E-state index in [0.717, 1.165) is 83.5 Å². The molecule has 0 aliphatic carbocycles. The van der Waals surface area contributed by atoms with Crippen molar-refractivity contribution in [2.75, 3.05) is 47.5 Å². The van der Waals surface area contributed by atoms with E-state index in [9.17, 15) is 19.5 Å². The molecule has 0 fully saturated rings. The number of aliphatic carboxylic acids is 1. The minimum absolute atomic E-state index is 0.138. The molecular formula is C70H123NO8. The summed E-state index contributed by atoms with van der Waals surface area (Å²) >= 11 is 0. The Hall–Kier alpha value is -3.53. The fraction of sp³-hybridized carbons (Fsp3) is 0.757. The second-order valence-corrected chi connectivity index (χ2v) is 23.0. The quantitative estimate of drug-likeness (QED) is 0.0195. The highest BCUT2D eigenvalue weighted by atomic mass is 16.7. The van der Waals surface area contributed by atoms with Crippen LogP contribution in [0.1, 0.15) is 284 Å². The third-order valence-corrected chi connectivity index (χ3v) is 14.2. The van der Waals surface area contributed by atoms with E-state index in [0.29, 0.717) is 17.4 Å². The molecule has 0 saturated carbocycles. The number of hydrogen-bond acceptors (Lipinski definition) is 8. The van der Waals surface area contributed by atoms with Crippen LogP contribution >= 0.6 is 0 Å². The fourth-order valence-corrected chi connectivity index (χ4v) is 9.17. The number of carbonyl (C=O) groups is 3. The molecule has 0 rings (SSSR count). The van der Waals surface area contributed by atoms with E-state index < -0.39 is 24.3 Å². The van der Waals surface area contributed by atoms with Crippen LogP contribution in [0.2, 0.25) is 0 Å². The third-order valence-electron chi connectivity index (χ3n) is 14.2. The summed E-state index contributed by atoms with van der Waals surface area (Å²) in [6.45, 7) is 4.62. The number of carboxylic acid groups (broad SMARTS) is 1.